The summed E-state index contributed by atoms with van der Waals surface area (Å²) in [5.74, 6) is 2.11. The predicted molar refractivity (Wildman–Crippen MR) is 70.5 cm³/mol. The number of rotatable bonds is 7. The van der Waals surface area contributed by atoms with Gasteiger partial charge in [-0.05, 0) is 30.9 Å². The lowest BCUT2D eigenvalue weighted by Gasteiger charge is -2.15. The van der Waals surface area contributed by atoms with Gasteiger partial charge in [-0.3, -0.25) is 0 Å². The zero-order valence-corrected chi connectivity index (χ0v) is 11.0. The third-order valence-corrected chi connectivity index (χ3v) is 2.86. The van der Waals surface area contributed by atoms with Gasteiger partial charge < -0.3 is 15.2 Å². The Kier molecular flexibility index (Phi) is 5.84. The van der Waals surface area contributed by atoms with Gasteiger partial charge in [-0.1, -0.05) is 26.0 Å². The monoisotopic (exact) mass is 237 g/mol. The lowest BCUT2D eigenvalue weighted by molar-refractivity contribution is 0.277. The van der Waals surface area contributed by atoms with Crippen molar-refractivity contribution in [2.75, 3.05) is 13.7 Å². The molecule has 0 heterocycles. The van der Waals surface area contributed by atoms with Gasteiger partial charge in [-0.2, -0.15) is 0 Å². The van der Waals surface area contributed by atoms with Crippen LogP contribution in [0.3, 0.4) is 0 Å². The summed E-state index contributed by atoms with van der Waals surface area (Å²) in [6, 6.07) is 7.95. The van der Waals surface area contributed by atoms with E-state index < -0.39 is 0 Å². The molecule has 0 saturated carbocycles. The summed E-state index contributed by atoms with van der Waals surface area (Å²) in [5, 5.41) is 0. The van der Waals surface area contributed by atoms with Crippen LogP contribution >= 0.6 is 0 Å². The topological polar surface area (TPSA) is 44.5 Å². The van der Waals surface area contributed by atoms with E-state index in [0.29, 0.717) is 12.5 Å². The average molecular weight is 237 g/mol. The normalized spacial score (nSPS) is 12.5. The summed E-state index contributed by atoms with van der Waals surface area (Å²) < 4.78 is 10.9. The molecule has 3 nitrogen and oxygen atoms in total. The lowest BCUT2D eigenvalue weighted by atomic mass is 10.0. The highest BCUT2D eigenvalue weighted by molar-refractivity contribution is 5.39. The molecule has 17 heavy (non-hydrogen) atoms. The molecule has 0 saturated heterocycles. The number of nitrogens with two attached hydrogens (primary N) is 1. The van der Waals surface area contributed by atoms with Crippen LogP contribution in [0, 0.1) is 5.92 Å². The first-order chi connectivity index (χ1) is 8.15. The maximum Gasteiger partial charge on any atom is 0.161 e. The van der Waals surface area contributed by atoms with Gasteiger partial charge in [0, 0.05) is 6.04 Å². The molecule has 0 aromatic heterocycles. The van der Waals surface area contributed by atoms with E-state index in [-0.39, 0.29) is 6.04 Å². The van der Waals surface area contributed by atoms with Crippen LogP contribution in [0.2, 0.25) is 0 Å². The minimum atomic E-state index is 0.260. The van der Waals surface area contributed by atoms with Crippen molar-refractivity contribution >= 4 is 0 Å². The second-order valence-electron chi connectivity index (χ2n) is 4.55. The van der Waals surface area contributed by atoms with Crippen LogP contribution < -0.4 is 15.2 Å². The molecule has 0 aliphatic carbocycles. The Labute approximate surface area is 104 Å². The first-order valence-corrected chi connectivity index (χ1v) is 6.16. The first-order valence-electron chi connectivity index (χ1n) is 6.16. The molecule has 1 aromatic carbocycles. The van der Waals surface area contributed by atoms with E-state index in [1.807, 2.05) is 24.3 Å². The van der Waals surface area contributed by atoms with Crippen LogP contribution in [-0.2, 0) is 0 Å². The molecule has 1 aromatic rings. The lowest BCUT2D eigenvalue weighted by Crippen LogP contribution is -2.26. The van der Waals surface area contributed by atoms with Gasteiger partial charge in [0.05, 0.1) is 13.7 Å². The highest BCUT2D eigenvalue weighted by Gasteiger charge is 2.07. The van der Waals surface area contributed by atoms with Crippen molar-refractivity contribution in [1.29, 1.82) is 0 Å². The summed E-state index contributed by atoms with van der Waals surface area (Å²) in [6.45, 7) is 4.97. The first kappa shape index (κ1) is 13.8. The van der Waals surface area contributed by atoms with Crippen LogP contribution in [0.5, 0.6) is 11.5 Å². The van der Waals surface area contributed by atoms with E-state index >= 15 is 0 Å². The molecule has 1 rings (SSSR count). The second kappa shape index (κ2) is 7.17. The Morgan fingerprint density at radius 2 is 1.82 bits per heavy atom. The molecule has 1 atom stereocenters. The van der Waals surface area contributed by atoms with Crippen LogP contribution in [0.25, 0.3) is 0 Å². The van der Waals surface area contributed by atoms with E-state index in [4.69, 9.17) is 15.2 Å². The van der Waals surface area contributed by atoms with Crippen molar-refractivity contribution in [3.8, 4) is 11.5 Å². The van der Waals surface area contributed by atoms with Gasteiger partial charge in [0.1, 0.15) is 0 Å². The maximum absolute atomic E-state index is 5.97. The Balaban J connectivity index is 2.31. The van der Waals surface area contributed by atoms with Gasteiger partial charge >= 0.3 is 0 Å². The fourth-order valence-electron chi connectivity index (χ4n) is 1.57. The quantitative estimate of drug-likeness (QED) is 0.742. The molecule has 1 unspecified atom stereocenters. The standard InChI is InChI=1S/C14H23NO2/c1-11(2)12(15)7-6-10-17-14-9-5-4-8-13(14)16-3/h4-5,8-9,11-12H,6-7,10,15H2,1-3H3. The van der Waals surface area contributed by atoms with E-state index in [1.54, 1.807) is 7.11 Å². The van der Waals surface area contributed by atoms with Gasteiger partial charge in [0.25, 0.3) is 0 Å². The predicted octanol–water partition coefficient (Wildman–Crippen LogP) is 2.84. The molecular weight excluding hydrogens is 214 g/mol. The highest BCUT2D eigenvalue weighted by atomic mass is 16.5. The molecule has 0 aliphatic heterocycles. The van der Waals surface area contributed by atoms with Crippen LogP contribution in [0.15, 0.2) is 24.3 Å². The van der Waals surface area contributed by atoms with Crippen LogP contribution in [-0.4, -0.2) is 19.8 Å². The largest absolute Gasteiger partial charge is 0.493 e. The zero-order valence-electron chi connectivity index (χ0n) is 11.0. The van der Waals surface area contributed by atoms with Crippen molar-refractivity contribution in [1.82, 2.24) is 0 Å². The van der Waals surface area contributed by atoms with E-state index in [2.05, 4.69) is 13.8 Å². The summed E-state index contributed by atoms with van der Waals surface area (Å²) in [5.41, 5.74) is 5.97. The number of methoxy groups -OCH3 is 1. The fourth-order valence-corrected chi connectivity index (χ4v) is 1.57. The van der Waals surface area contributed by atoms with Gasteiger partial charge in [-0.25, -0.2) is 0 Å². The molecule has 3 heteroatoms. The number of para-hydroxylation sites is 2. The molecule has 2 N–H and O–H groups in total. The molecule has 0 aliphatic rings. The Morgan fingerprint density at radius 1 is 1.18 bits per heavy atom. The van der Waals surface area contributed by atoms with Gasteiger partial charge in [0.15, 0.2) is 11.5 Å². The van der Waals surface area contributed by atoms with Gasteiger partial charge in [-0.15, -0.1) is 0 Å². The van der Waals surface area contributed by atoms with Gasteiger partial charge in [0.2, 0.25) is 0 Å². The third kappa shape index (κ3) is 4.65. The highest BCUT2D eigenvalue weighted by Crippen LogP contribution is 2.25. The molecule has 0 fully saturated rings. The van der Waals surface area contributed by atoms with E-state index in [9.17, 15) is 0 Å². The molecular formula is C14H23NO2. The number of benzene rings is 1. The summed E-state index contributed by atoms with van der Waals surface area (Å²) >= 11 is 0. The third-order valence-electron chi connectivity index (χ3n) is 2.86. The fraction of sp³-hybridized carbons (Fsp3) is 0.571. The van der Waals surface area contributed by atoms with Crippen molar-refractivity contribution in [2.24, 2.45) is 11.7 Å². The summed E-state index contributed by atoms with van der Waals surface area (Å²) in [6.07, 6.45) is 1.96. The zero-order chi connectivity index (χ0) is 12.7. The molecule has 96 valence electrons. The molecule has 0 amide bonds. The molecule has 0 spiro atoms. The Morgan fingerprint density at radius 3 is 2.41 bits per heavy atom. The Bertz CT molecular complexity index is 326. The smallest absolute Gasteiger partial charge is 0.161 e. The van der Waals surface area contributed by atoms with E-state index in [1.165, 1.54) is 0 Å². The Hall–Kier alpha value is -1.22. The van der Waals surface area contributed by atoms with Crippen LogP contribution in [0.1, 0.15) is 26.7 Å². The second-order valence-corrected chi connectivity index (χ2v) is 4.55. The van der Waals surface area contributed by atoms with Crippen molar-refractivity contribution in [3.63, 3.8) is 0 Å². The average Bonchev–Trinajstić information content (AvgIpc) is 2.34. The number of hydrogen-bond acceptors (Lipinski definition) is 3. The van der Waals surface area contributed by atoms with Crippen LogP contribution in [0.4, 0.5) is 0 Å². The minimum absolute atomic E-state index is 0.260. The van der Waals surface area contributed by atoms with Crippen molar-refractivity contribution < 1.29 is 9.47 Å². The van der Waals surface area contributed by atoms with Crippen molar-refractivity contribution in [3.05, 3.63) is 24.3 Å². The minimum Gasteiger partial charge on any atom is -0.493 e. The summed E-state index contributed by atoms with van der Waals surface area (Å²) in [4.78, 5) is 0. The molecule has 0 radical (unpaired) electrons. The SMILES string of the molecule is COc1ccccc1OCCCC(N)C(C)C. The van der Waals surface area contributed by atoms with E-state index in [0.717, 1.165) is 24.3 Å². The maximum atomic E-state index is 5.97. The van der Waals surface area contributed by atoms with Crippen molar-refractivity contribution in [2.45, 2.75) is 32.7 Å². The summed E-state index contributed by atoms with van der Waals surface area (Å²) in [7, 11) is 1.65. The number of ether oxygens (including phenoxy) is 2. The molecule has 0 bridgehead atoms. The number of hydrogen-bond donors (Lipinski definition) is 1.